The summed E-state index contributed by atoms with van der Waals surface area (Å²) < 4.78 is 0. The zero-order valence-electron chi connectivity index (χ0n) is 12.1. The van der Waals surface area contributed by atoms with E-state index in [2.05, 4.69) is 11.8 Å². The SMILES string of the molecule is CCN(C(=O)c1csc(C#CCO)c1)c1ccccc1C. The highest BCUT2D eigenvalue weighted by Crippen LogP contribution is 2.23. The van der Waals surface area contributed by atoms with Gasteiger partial charge in [0, 0.05) is 17.6 Å². The van der Waals surface area contributed by atoms with Gasteiger partial charge in [-0.05, 0) is 31.5 Å². The molecule has 108 valence electrons. The number of amides is 1. The third-order valence-corrected chi connectivity index (χ3v) is 3.95. The molecule has 0 unspecified atom stereocenters. The number of hydrogen-bond donors (Lipinski definition) is 1. The van der Waals surface area contributed by atoms with Gasteiger partial charge in [0.25, 0.3) is 5.91 Å². The van der Waals surface area contributed by atoms with E-state index in [4.69, 9.17) is 5.11 Å². The largest absolute Gasteiger partial charge is 0.384 e. The fourth-order valence-electron chi connectivity index (χ4n) is 2.09. The molecule has 2 aromatic rings. The second-order valence-electron chi connectivity index (χ2n) is 4.50. The number of aryl methyl sites for hydroxylation is 1. The summed E-state index contributed by atoms with van der Waals surface area (Å²) >= 11 is 1.41. The molecule has 0 bridgehead atoms. The van der Waals surface area contributed by atoms with E-state index < -0.39 is 0 Å². The van der Waals surface area contributed by atoms with Crippen LogP contribution in [0.25, 0.3) is 0 Å². The lowest BCUT2D eigenvalue weighted by molar-refractivity contribution is 0.0988. The Hall–Kier alpha value is -2.09. The zero-order chi connectivity index (χ0) is 15.2. The van der Waals surface area contributed by atoms with Gasteiger partial charge in [0.05, 0.1) is 10.4 Å². The molecule has 21 heavy (non-hydrogen) atoms. The molecule has 0 atom stereocenters. The molecule has 0 saturated carbocycles. The van der Waals surface area contributed by atoms with Crippen LogP contribution in [0.15, 0.2) is 35.7 Å². The number of para-hydroxylation sites is 1. The molecule has 0 saturated heterocycles. The van der Waals surface area contributed by atoms with Crippen LogP contribution in [0.5, 0.6) is 0 Å². The van der Waals surface area contributed by atoms with Crippen LogP contribution in [-0.4, -0.2) is 24.2 Å². The molecule has 3 nitrogen and oxygen atoms in total. The van der Waals surface area contributed by atoms with Crippen molar-refractivity contribution in [3.8, 4) is 11.8 Å². The monoisotopic (exact) mass is 299 g/mol. The minimum absolute atomic E-state index is 0.0277. The predicted molar refractivity (Wildman–Crippen MR) is 86.8 cm³/mol. The second kappa shape index (κ2) is 7.07. The van der Waals surface area contributed by atoms with Crippen LogP contribution in [-0.2, 0) is 0 Å². The first-order valence-electron chi connectivity index (χ1n) is 6.73. The number of nitrogens with zero attached hydrogens (tertiary/aromatic N) is 1. The van der Waals surface area contributed by atoms with E-state index >= 15 is 0 Å². The van der Waals surface area contributed by atoms with Gasteiger partial charge in [-0.2, -0.15) is 0 Å². The van der Waals surface area contributed by atoms with Gasteiger partial charge in [0.15, 0.2) is 0 Å². The fourth-order valence-corrected chi connectivity index (χ4v) is 2.83. The average molecular weight is 299 g/mol. The maximum absolute atomic E-state index is 12.7. The van der Waals surface area contributed by atoms with Crippen molar-refractivity contribution in [2.45, 2.75) is 13.8 Å². The Morgan fingerprint density at radius 2 is 2.14 bits per heavy atom. The summed E-state index contributed by atoms with van der Waals surface area (Å²) in [5.41, 5.74) is 2.63. The summed E-state index contributed by atoms with van der Waals surface area (Å²) in [7, 11) is 0. The molecule has 4 heteroatoms. The second-order valence-corrected chi connectivity index (χ2v) is 5.41. The Bertz CT molecular complexity index is 694. The van der Waals surface area contributed by atoms with Crippen LogP contribution in [0.1, 0.15) is 27.7 Å². The molecule has 1 aromatic carbocycles. The summed E-state index contributed by atoms with van der Waals surface area (Å²) in [5, 5.41) is 10.5. The number of anilines is 1. The van der Waals surface area contributed by atoms with Crippen LogP contribution in [0.3, 0.4) is 0 Å². The Labute approximate surface area is 128 Å². The molecule has 0 aliphatic heterocycles. The summed E-state index contributed by atoms with van der Waals surface area (Å²) in [4.78, 5) is 15.2. The lowest BCUT2D eigenvalue weighted by atomic mass is 10.1. The summed E-state index contributed by atoms with van der Waals surface area (Å²) in [6.45, 7) is 4.39. The van der Waals surface area contributed by atoms with Crippen molar-refractivity contribution in [1.29, 1.82) is 0 Å². The zero-order valence-corrected chi connectivity index (χ0v) is 12.9. The molecular formula is C17H17NO2S. The van der Waals surface area contributed by atoms with Gasteiger partial charge in [-0.15, -0.1) is 11.3 Å². The van der Waals surface area contributed by atoms with Crippen molar-refractivity contribution >= 4 is 22.9 Å². The molecule has 1 heterocycles. The van der Waals surface area contributed by atoms with Crippen molar-refractivity contribution < 1.29 is 9.90 Å². The Balaban J connectivity index is 2.29. The Morgan fingerprint density at radius 1 is 1.38 bits per heavy atom. The van der Waals surface area contributed by atoms with Crippen molar-refractivity contribution in [1.82, 2.24) is 0 Å². The lowest BCUT2D eigenvalue weighted by Crippen LogP contribution is -2.30. The predicted octanol–water partition coefficient (Wildman–Crippen LogP) is 3.07. The number of thiophene rings is 1. The highest BCUT2D eigenvalue weighted by Gasteiger charge is 2.18. The minimum atomic E-state index is -0.175. The van der Waals surface area contributed by atoms with E-state index in [0.717, 1.165) is 16.1 Å². The third kappa shape index (κ3) is 3.52. The maximum atomic E-state index is 12.7. The molecule has 1 amide bonds. The molecule has 0 spiro atoms. The molecule has 0 radical (unpaired) electrons. The quantitative estimate of drug-likeness (QED) is 0.885. The topological polar surface area (TPSA) is 40.5 Å². The highest BCUT2D eigenvalue weighted by molar-refractivity contribution is 7.10. The number of carbonyl (C=O) groups excluding carboxylic acids is 1. The summed E-state index contributed by atoms with van der Waals surface area (Å²) in [6.07, 6.45) is 0. The Kier molecular flexibility index (Phi) is 5.15. The van der Waals surface area contributed by atoms with E-state index in [1.54, 1.807) is 11.0 Å². The van der Waals surface area contributed by atoms with E-state index in [9.17, 15) is 4.79 Å². The van der Waals surface area contributed by atoms with Crippen LogP contribution in [0.4, 0.5) is 5.69 Å². The molecule has 1 aromatic heterocycles. The summed E-state index contributed by atoms with van der Waals surface area (Å²) in [5.74, 6) is 5.39. The molecule has 2 rings (SSSR count). The van der Waals surface area contributed by atoms with E-state index in [1.165, 1.54) is 11.3 Å². The molecule has 0 aliphatic carbocycles. The van der Waals surface area contributed by atoms with Gasteiger partial charge in [0.2, 0.25) is 0 Å². The first-order chi connectivity index (χ1) is 10.2. The molecular weight excluding hydrogens is 282 g/mol. The van der Waals surface area contributed by atoms with E-state index in [1.807, 2.05) is 43.5 Å². The number of benzene rings is 1. The lowest BCUT2D eigenvalue weighted by Gasteiger charge is -2.22. The van der Waals surface area contributed by atoms with Crippen molar-refractivity contribution in [2.75, 3.05) is 18.1 Å². The molecule has 0 fully saturated rings. The fraction of sp³-hybridized carbons (Fsp3) is 0.235. The van der Waals surface area contributed by atoms with Crippen molar-refractivity contribution in [3.63, 3.8) is 0 Å². The van der Waals surface area contributed by atoms with E-state index in [-0.39, 0.29) is 12.5 Å². The van der Waals surface area contributed by atoms with Crippen LogP contribution < -0.4 is 4.90 Å². The van der Waals surface area contributed by atoms with Gasteiger partial charge in [-0.3, -0.25) is 4.79 Å². The third-order valence-electron chi connectivity index (χ3n) is 3.10. The van der Waals surface area contributed by atoms with Gasteiger partial charge in [0.1, 0.15) is 6.61 Å². The van der Waals surface area contributed by atoms with Gasteiger partial charge in [-0.1, -0.05) is 30.0 Å². The van der Waals surface area contributed by atoms with Crippen molar-refractivity contribution in [2.24, 2.45) is 0 Å². The normalized spacial score (nSPS) is 9.86. The van der Waals surface area contributed by atoms with Gasteiger partial charge >= 0.3 is 0 Å². The Morgan fingerprint density at radius 3 is 2.81 bits per heavy atom. The number of hydrogen-bond acceptors (Lipinski definition) is 3. The smallest absolute Gasteiger partial charge is 0.259 e. The number of aliphatic hydroxyl groups is 1. The first-order valence-corrected chi connectivity index (χ1v) is 7.61. The van der Waals surface area contributed by atoms with E-state index in [0.29, 0.717) is 12.1 Å². The number of aliphatic hydroxyl groups excluding tert-OH is 1. The highest BCUT2D eigenvalue weighted by atomic mass is 32.1. The van der Waals surface area contributed by atoms with Gasteiger partial charge in [-0.25, -0.2) is 0 Å². The van der Waals surface area contributed by atoms with Crippen LogP contribution in [0, 0.1) is 18.8 Å². The number of carbonyl (C=O) groups is 1. The molecule has 1 N–H and O–H groups in total. The number of rotatable bonds is 3. The van der Waals surface area contributed by atoms with Crippen LogP contribution >= 0.6 is 11.3 Å². The first kappa shape index (κ1) is 15.3. The molecule has 0 aliphatic rings. The average Bonchev–Trinajstić information content (AvgIpc) is 2.96. The standard InChI is InChI=1S/C17H17NO2S/c1-3-18(16-9-5-4-7-13(16)2)17(20)14-11-15(21-12-14)8-6-10-19/h4-5,7,9,11-12,19H,3,10H2,1-2H3. The minimum Gasteiger partial charge on any atom is -0.384 e. The summed E-state index contributed by atoms with van der Waals surface area (Å²) in [6, 6.07) is 9.62. The van der Waals surface area contributed by atoms with Gasteiger partial charge < -0.3 is 10.0 Å². The van der Waals surface area contributed by atoms with Crippen molar-refractivity contribution in [3.05, 3.63) is 51.7 Å². The maximum Gasteiger partial charge on any atom is 0.259 e. The van der Waals surface area contributed by atoms with Crippen LogP contribution in [0.2, 0.25) is 0 Å².